The van der Waals surface area contributed by atoms with E-state index in [2.05, 4.69) is 9.97 Å². The van der Waals surface area contributed by atoms with Gasteiger partial charge in [-0.2, -0.15) is 0 Å². The summed E-state index contributed by atoms with van der Waals surface area (Å²) in [5.41, 5.74) is 1.31. The van der Waals surface area contributed by atoms with Crippen LogP contribution in [0.2, 0.25) is 0 Å². The Morgan fingerprint density at radius 1 is 1.28 bits per heavy atom. The first-order valence-corrected chi connectivity index (χ1v) is 6.03. The van der Waals surface area contributed by atoms with Gasteiger partial charge >= 0.3 is 0 Å². The summed E-state index contributed by atoms with van der Waals surface area (Å²) in [6.07, 6.45) is 6.56. The Labute approximate surface area is 105 Å². The maximum absolute atomic E-state index is 10.2. The van der Waals surface area contributed by atoms with Gasteiger partial charge in [-0.3, -0.25) is 9.97 Å². The molecule has 0 radical (unpaired) electrons. The Hall–Kier alpha value is -1.94. The summed E-state index contributed by atoms with van der Waals surface area (Å²) in [6.45, 7) is 0. The van der Waals surface area contributed by atoms with Gasteiger partial charge in [0.05, 0.1) is 18.0 Å². The molecule has 2 aromatic rings. The molecule has 0 bridgehead atoms. The average Bonchev–Trinajstić information content (AvgIpc) is 3.23. The van der Waals surface area contributed by atoms with Crippen LogP contribution >= 0.6 is 0 Å². The van der Waals surface area contributed by atoms with Gasteiger partial charge in [-0.15, -0.1) is 0 Å². The molecule has 1 atom stereocenters. The molecule has 0 amide bonds. The maximum Gasteiger partial charge on any atom is 0.123 e. The van der Waals surface area contributed by atoms with Crippen LogP contribution in [0.15, 0.2) is 42.9 Å². The van der Waals surface area contributed by atoms with Crippen LogP contribution in [0.5, 0.6) is 5.75 Å². The largest absolute Gasteiger partial charge is 0.490 e. The average molecular weight is 242 g/mol. The van der Waals surface area contributed by atoms with Crippen molar-refractivity contribution in [3.8, 4) is 5.75 Å². The predicted octanol–water partition coefficient (Wildman–Crippen LogP) is 2.10. The highest BCUT2D eigenvalue weighted by Crippen LogP contribution is 2.29. The molecule has 0 spiro atoms. The molecular weight excluding hydrogens is 228 g/mol. The Bertz CT molecular complexity index is 526. The zero-order valence-electron chi connectivity index (χ0n) is 9.86. The minimum absolute atomic E-state index is 0.355. The van der Waals surface area contributed by atoms with Gasteiger partial charge in [0, 0.05) is 12.4 Å². The molecule has 1 aliphatic carbocycles. The van der Waals surface area contributed by atoms with Crippen LogP contribution in [0.4, 0.5) is 0 Å². The third-order valence-electron chi connectivity index (χ3n) is 2.86. The van der Waals surface area contributed by atoms with Crippen LogP contribution in [-0.4, -0.2) is 21.2 Å². The smallest absolute Gasteiger partial charge is 0.123 e. The van der Waals surface area contributed by atoms with Crippen molar-refractivity contribution in [3.63, 3.8) is 0 Å². The molecule has 1 aromatic heterocycles. The molecule has 1 N–H and O–H groups in total. The lowest BCUT2D eigenvalue weighted by Crippen LogP contribution is -2.03. The molecule has 0 aliphatic heterocycles. The standard InChI is InChI=1S/C14H14N2O2/c17-14(13-9-15-6-7-16-13)10-2-1-3-12(8-10)18-11-4-5-11/h1-3,6-9,11,14,17H,4-5H2. The van der Waals surface area contributed by atoms with E-state index in [0.29, 0.717) is 11.8 Å². The van der Waals surface area contributed by atoms with Crippen LogP contribution in [0, 0.1) is 0 Å². The highest BCUT2D eigenvalue weighted by atomic mass is 16.5. The molecular formula is C14H14N2O2. The van der Waals surface area contributed by atoms with E-state index in [4.69, 9.17) is 4.74 Å². The number of aromatic nitrogens is 2. The Morgan fingerprint density at radius 3 is 2.89 bits per heavy atom. The molecule has 18 heavy (non-hydrogen) atoms. The first-order valence-electron chi connectivity index (χ1n) is 6.03. The van der Waals surface area contributed by atoms with Crippen LogP contribution in [0.1, 0.15) is 30.2 Å². The molecule has 1 aromatic carbocycles. The van der Waals surface area contributed by atoms with Gasteiger partial charge in [-0.1, -0.05) is 12.1 Å². The van der Waals surface area contributed by atoms with E-state index in [1.807, 2.05) is 24.3 Å². The fourth-order valence-corrected chi connectivity index (χ4v) is 1.76. The molecule has 3 rings (SSSR count). The number of hydrogen-bond acceptors (Lipinski definition) is 4. The first kappa shape index (κ1) is 11.2. The van der Waals surface area contributed by atoms with Gasteiger partial charge < -0.3 is 9.84 Å². The number of nitrogens with zero attached hydrogens (tertiary/aromatic N) is 2. The van der Waals surface area contributed by atoms with E-state index in [1.165, 1.54) is 0 Å². The summed E-state index contributed by atoms with van der Waals surface area (Å²) in [4.78, 5) is 8.06. The van der Waals surface area contributed by atoms with Crippen LogP contribution < -0.4 is 4.74 Å². The monoisotopic (exact) mass is 242 g/mol. The Balaban J connectivity index is 1.82. The lowest BCUT2D eigenvalue weighted by atomic mass is 10.1. The zero-order valence-corrected chi connectivity index (χ0v) is 9.86. The Morgan fingerprint density at radius 2 is 2.17 bits per heavy atom. The van der Waals surface area contributed by atoms with Crippen LogP contribution in [0.3, 0.4) is 0 Å². The topological polar surface area (TPSA) is 55.2 Å². The fourth-order valence-electron chi connectivity index (χ4n) is 1.76. The molecule has 92 valence electrons. The molecule has 1 unspecified atom stereocenters. The summed E-state index contributed by atoms with van der Waals surface area (Å²) in [5.74, 6) is 0.804. The fraction of sp³-hybridized carbons (Fsp3) is 0.286. The van der Waals surface area contributed by atoms with Gasteiger partial charge in [0.2, 0.25) is 0 Å². The van der Waals surface area contributed by atoms with E-state index in [1.54, 1.807) is 18.6 Å². The zero-order chi connectivity index (χ0) is 12.4. The number of hydrogen-bond donors (Lipinski definition) is 1. The van der Waals surface area contributed by atoms with Gasteiger partial charge in [0.15, 0.2) is 0 Å². The maximum atomic E-state index is 10.2. The van der Waals surface area contributed by atoms with Crippen LogP contribution in [-0.2, 0) is 0 Å². The summed E-state index contributed by atoms with van der Waals surface area (Å²) in [7, 11) is 0. The normalized spacial score (nSPS) is 16.3. The van der Waals surface area contributed by atoms with Crippen LogP contribution in [0.25, 0.3) is 0 Å². The number of rotatable bonds is 4. The molecule has 1 heterocycles. The van der Waals surface area contributed by atoms with E-state index in [0.717, 1.165) is 24.2 Å². The summed E-state index contributed by atoms with van der Waals surface area (Å²) >= 11 is 0. The van der Waals surface area contributed by atoms with Gasteiger partial charge in [0.25, 0.3) is 0 Å². The second kappa shape index (κ2) is 4.74. The summed E-state index contributed by atoms with van der Waals surface area (Å²) in [5, 5.41) is 10.2. The summed E-state index contributed by atoms with van der Waals surface area (Å²) < 4.78 is 5.70. The van der Waals surface area contributed by atoms with Crippen molar-refractivity contribution >= 4 is 0 Å². The van der Waals surface area contributed by atoms with Gasteiger partial charge in [-0.05, 0) is 30.5 Å². The minimum atomic E-state index is -0.763. The van der Waals surface area contributed by atoms with E-state index < -0.39 is 6.10 Å². The third-order valence-corrected chi connectivity index (χ3v) is 2.86. The molecule has 1 saturated carbocycles. The van der Waals surface area contributed by atoms with Gasteiger partial charge in [-0.25, -0.2) is 0 Å². The molecule has 4 heteroatoms. The van der Waals surface area contributed by atoms with Crippen molar-refractivity contribution in [2.45, 2.75) is 25.0 Å². The predicted molar refractivity (Wildman–Crippen MR) is 66.2 cm³/mol. The minimum Gasteiger partial charge on any atom is -0.490 e. The molecule has 4 nitrogen and oxygen atoms in total. The lowest BCUT2D eigenvalue weighted by molar-refractivity contribution is 0.213. The highest BCUT2D eigenvalue weighted by Gasteiger charge is 2.23. The van der Waals surface area contributed by atoms with Gasteiger partial charge in [0.1, 0.15) is 11.9 Å². The van der Waals surface area contributed by atoms with Crippen molar-refractivity contribution < 1.29 is 9.84 Å². The van der Waals surface area contributed by atoms with E-state index in [9.17, 15) is 5.11 Å². The Kier molecular flexibility index (Phi) is 2.94. The molecule has 1 fully saturated rings. The summed E-state index contributed by atoms with van der Waals surface area (Å²) in [6, 6.07) is 7.51. The van der Waals surface area contributed by atoms with Crippen molar-refractivity contribution in [2.75, 3.05) is 0 Å². The quantitative estimate of drug-likeness (QED) is 0.892. The third kappa shape index (κ3) is 2.49. The SMILES string of the molecule is OC(c1cccc(OC2CC2)c1)c1cnccn1. The second-order valence-corrected chi connectivity index (χ2v) is 4.42. The number of aliphatic hydroxyl groups is 1. The lowest BCUT2D eigenvalue weighted by Gasteiger charge is -2.11. The van der Waals surface area contributed by atoms with Crippen molar-refractivity contribution in [1.82, 2.24) is 9.97 Å². The number of ether oxygens (including phenoxy) is 1. The molecule has 1 aliphatic rings. The highest BCUT2D eigenvalue weighted by molar-refractivity contribution is 5.33. The van der Waals surface area contributed by atoms with Crippen molar-refractivity contribution in [3.05, 3.63) is 54.1 Å². The molecule has 0 saturated heterocycles. The van der Waals surface area contributed by atoms with E-state index in [-0.39, 0.29) is 0 Å². The second-order valence-electron chi connectivity index (χ2n) is 4.42. The van der Waals surface area contributed by atoms with E-state index >= 15 is 0 Å². The number of benzene rings is 1. The van der Waals surface area contributed by atoms with Crippen molar-refractivity contribution in [1.29, 1.82) is 0 Å². The van der Waals surface area contributed by atoms with Crippen molar-refractivity contribution in [2.24, 2.45) is 0 Å². The number of aliphatic hydroxyl groups excluding tert-OH is 1. The first-order chi connectivity index (χ1) is 8.83.